The summed E-state index contributed by atoms with van der Waals surface area (Å²) >= 11 is 0. The molecule has 7 heteroatoms. The molecule has 0 saturated carbocycles. The second kappa shape index (κ2) is 7.34. The van der Waals surface area contributed by atoms with E-state index in [1.54, 1.807) is 24.3 Å². The first-order valence-electron chi connectivity index (χ1n) is 6.91. The van der Waals surface area contributed by atoms with E-state index in [2.05, 4.69) is 10.0 Å². The fourth-order valence-corrected chi connectivity index (χ4v) is 2.84. The van der Waals surface area contributed by atoms with Crippen molar-refractivity contribution in [2.24, 2.45) is 0 Å². The third-order valence-electron chi connectivity index (χ3n) is 3.08. The van der Waals surface area contributed by atoms with Gasteiger partial charge in [-0.25, -0.2) is 17.5 Å². The number of hydrogen-bond acceptors (Lipinski definition) is 3. The second-order valence-corrected chi connectivity index (χ2v) is 6.89. The highest BCUT2D eigenvalue weighted by atomic mass is 32.2. The first kappa shape index (κ1) is 17.1. The Morgan fingerprint density at radius 1 is 1.09 bits per heavy atom. The molecule has 0 aliphatic rings. The fraction of sp³-hybridized carbons (Fsp3) is 0.188. The zero-order chi connectivity index (χ0) is 16.9. The number of halogens is 1. The lowest BCUT2D eigenvalue weighted by molar-refractivity contribution is -0.116. The number of para-hydroxylation sites is 1. The van der Waals surface area contributed by atoms with Crippen LogP contribution in [0.2, 0.25) is 0 Å². The molecule has 0 fully saturated rings. The van der Waals surface area contributed by atoms with E-state index in [0.29, 0.717) is 11.3 Å². The van der Waals surface area contributed by atoms with Gasteiger partial charge >= 0.3 is 0 Å². The lowest BCUT2D eigenvalue weighted by atomic mass is 10.0. The Kier molecular flexibility index (Phi) is 5.46. The van der Waals surface area contributed by atoms with Crippen LogP contribution in [0, 0.1) is 5.82 Å². The van der Waals surface area contributed by atoms with Crippen LogP contribution in [0.5, 0.6) is 0 Å². The van der Waals surface area contributed by atoms with Gasteiger partial charge in [0.2, 0.25) is 15.9 Å². The minimum Gasteiger partial charge on any atom is -0.326 e. The molecule has 0 spiro atoms. The zero-order valence-corrected chi connectivity index (χ0v) is 13.3. The summed E-state index contributed by atoms with van der Waals surface area (Å²) in [5, 5.41) is 2.69. The van der Waals surface area contributed by atoms with Gasteiger partial charge in [-0.15, -0.1) is 0 Å². The molecule has 2 aromatic carbocycles. The van der Waals surface area contributed by atoms with E-state index < -0.39 is 21.9 Å². The smallest absolute Gasteiger partial charge is 0.226 e. The number of sulfonamides is 1. The van der Waals surface area contributed by atoms with E-state index in [-0.39, 0.29) is 12.3 Å². The summed E-state index contributed by atoms with van der Waals surface area (Å²) in [6.07, 6.45) is 0.909. The monoisotopic (exact) mass is 336 g/mol. The molecule has 0 radical (unpaired) electrons. The van der Waals surface area contributed by atoms with Crippen molar-refractivity contribution in [3.8, 4) is 0 Å². The van der Waals surface area contributed by atoms with E-state index in [1.165, 1.54) is 24.3 Å². The molecule has 2 aromatic rings. The van der Waals surface area contributed by atoms with Gasteiger partial charge in [0.15, 0.2) is 0 Å². The molecule has 1 atom stereocenters. The Balaban J connectivity index is 2.14. The molecule has 5 nitrogen and oxygen atoms in total. The van der Waals surface area contributed by atoms with Crippen molar-refractivity contribution < 1.29 is 17.6 Å². The van der Waals surface area contributed by atoms with Gasteiger partial charge in [-0.3, -0.25) is 4.79 Å². The van der Waals surface area contributed by atoms with Crippen molar-refractivity contribution in [3.05, 3.63) is 66.0 Å². The van der Waals surface area contributed by atoms with Crippen molar-refractivity contribution in [2.45, 2.75) is 12.5 Å². The van der Waals surface area contributed by atoms with Gasteiger partial charge in [-0.2, -0.15) is 0 Å². The van der Waals surface area contributed by atoms with Crippen LogP contribution in [0.4, 0.5) is 10.1 Å². The lowest BCUT2D eigenvalue weighted by Gasteiger charge is -2.17. The summed E-state index contributed by atoms with van der Waals surface area (Å²) in [6, 6.07) is 13.4. The lowest BCUT2D eigenvalue weighted by Crippen LogP contribution is -2.30. The maximum atomic E-state index is 13.0. The Bertz CT molecular complexity index is 762. The average Bonchev–Trinajstić information content (AvgIpc) is 2.47. The minimum atomic E-state index is -3.52. The number of rotatable bonds is 6. The minimum absolute atomic E-state index is 0.104. The second-order valence-electron chi connectivity index (χ2n) is 5.11. The Morgan fingerprint density at radius 2 is 1.70 bits per heavy atom. The van der Waals surface area contributed by atoms with Gasteiger partial charge in [0, 0.05) is 12.1 Å². The van der Waals surface area contributed by atoms with Gasteiger partial charge in [-0.05, 0) is 29.8 Å². The van der Waals surface area contributed by atoms with Crippen LogP contribution < -0.4 is 10.0 Å². The van der Waals surface area contributed by atoms with E-state index in [0.717, 1.165) is 6.26 Å². The van der Waals surface area contributed by atoms with Crippen molar-refractivity contribution in [2.75, 3.05) is 11.6 Å². The fourth-order valence-electron chi connectivity index (χ4n) is 2.10. The zero-order valence-electron chi connectivity index (χ0n) is 12.5. The van der Waals surface area contributed by atoms with E-state index in [4.69, 9.17) is 0 Å². The van der Waals surface area contributed by atoms with Crippen LogP contribution in [0.3, 0.4) is 0 Å². The SMILES string of the molecule is CS(=O)(=O)NC(CC(=O)Nc1ccccc1)c1ccc(F)cc1. The predicted octanol–water partition coefficient (Wildman–Crippen LogP) is 2.44. The first-order chi connectivity index (χ1) is 10.8. The maximum Gasteiger partial charge on any atom is 0.226 e. The standard InChI is InChI=1S/C16H17FN2O3S/c1-23(21,22)19-15(12-7-9-13(17)10-8-12)11-16(20)18-14-5-3-2-4-6-14/h2-10,15,19H,11H2,1H3,(H,18,20). The van der Waals surface area contributed by atoms with Gasteiger partial charge in [0.05, 0.1) is 12.3 Å². The summed E-state index contributed by atoms with van der Waals surface area (Å²) in [5.41, 5.74) is 1.13. The molecular formula is C16H17FN2O3S. The van der Waals surface area contributed by atoms with Crippen LogP contribution in [0.25, 0.3) is 0 Å². The number of amides is 1. The highest BCUT2D eigenvalue weighted by Crippen LogP contribution is 2.19. The van der Waals surface area contributed by atoms with Crippen LogP contribution >= 0.6 is 0 Å². The van der Waals surface area contributed by atoms with E-state index in [1.807, 2.05) is 6.07 Å². The summed E-state index contributed by atoms with van der Waals surface area (Å²) in [7, 11) is -3.52. The Labute approximate surface area is 134 Å². The molecule has 0 heterocycles. The third kappa shape index (κ3) is 5.80. The maximum absolute atomic E-state index is 13.0. The molecule has 1 amide bonds. The molecule has 0 aliphatic heterocycles. The topological polar surface area (TPSA) is 75.3 Å². The third-order valence-corrected chi connectivity index (χ3v) is 3.79. The summed E-state index contributed by atoms with van der Waals surface area (Å²) in [6.45, 7) is 0. The predicted molar refractivity (Wildman–Crippen MR) is 86.8 cm³/mol. The average molecular weight is 336 g/mol. The number of carbonyl (C=O) groups is 1. The van der Waals surface area contributed by atoms with Gasteiger partial charge in [0.1, 0.15) is 5.82 Å². The number of nitrogens with one attached hydrogen (secondary N) is 2. The first-order valence-corrected chi connectivity index (χ1v) is 8.80. The van der Waals surface area contributed by atoms with Crippen LogP contribution in [0.15, 0.2) is 54.6 Å². The molecule has 122 valence electrons. The number of benzene rings is 2. The van der Waals surface area contributed by atoms with E-state index >= 15 is 0 Å². The summed E-state index contributed by atoms with van der Waals surface area (Å²) in [5.74, 6) is -0.776. The molecular weight excluding hydrogens is 319 g/mol. The number of carbonyl (C=O) groups excluding carboxylic acids is 1. The number of hydrogen-bond donors (Lipinski definition) is 2. The summed E-state index contributed by atoms with van der Waals surface area (Å²) < 4.78 is 38.4. The van der Waals surface area contributed by atoms with Crippen molar-refractivity contribution >= 4 is 21.6 Å². The Hall–Kier alpha value is -2.25. The quantitative estimate of drug-likeness (QED) is 0.851. The normalized spacial score (nSPS) is 12.6. The molecule has 2 N–H and O–H groups in total. The molecule has 0 saturated heterocycles. The van der Waals surface area contributed by atoms with Crippen LogP contribution in [-0.4, -0.2) is 20.6 Å². The number of anilines is 1. The highest BCUT2D eigenvalue weighted by Gasteiger charge is 2.20. The van der Waals surface area contributed by atoms with Crippen LogP contribution in [-0.2, 0) is 14.8 Å². The van der Waals surface area contributed by atoms with E-state index in [9.17, 15) is 17.6 Å². The molecule has 23 heavy (non-hydrogen) atoms. The molecule has 0 aliphatic carbocycles. The molecule has 0 aromatic heterocycles. The molecule has 1 unspecified atom stereocenters. The van der Waals surface area contributed by atoms with Crippen molar-refractivity contribution in [3.63, 3.8) is 0 Å². The van der Waals surface area contributed by atoms with Gasteiger partial charge < -0.3 is 5.32 Å². The van der Waals surface area contributed by atoms with Gasteiger partial charge in [0.25, 0.3) is 0 Å². The van der Waals surface area contributed by atoms with Crippen LogP contribution in [0.1, 0.15) is 18.0 Å². The van der Waals surface area contributed by atoms with Gasteiger partial charge in [-0.1, -0.05) is 30.3 Å². The summed E-state index contributed by atoms with van der Waals surface area (Å²) in [4.78, 5) is 12.1. The molecule has 0 bridgehead atoms. The Morgan fingerprint density at radius 3 is 2.26 bits per heavy atom. The highest BCUT2D eigenvalue weighted by molar-refractivity contribution is 7.88. The largest absolute Gasteiger partial charge is 0.326 e. The van der Waals surface area contributed by atoms with Crippen molar-refractivity contribution in [1.82, 2.24) is 4.72 Å². The van der Waals surface area contributed by atoms with Crippen molar-refractivity contribution in [1.29, 1.82) is 0 Å². The molecule has 2 rings (SSSR count).